The highest BCUT2D eigenvalue weighted by Gasteiger charge is 2.32. The predicted octanol–water partition coefficient (Wildman–Crippen LogP) is 2.69. The van der Waals surface area contributed by atoms with Crippen LogP contribution in [0.15, 0.2) is 11.2 Å². The van der Waals surface area contributed by atoms with Gasteiger partial charge < -0.3 is 20.7 Å². The van der Waals surface area contributed by atoms with Crippen LogP contribution in [0.5, 0.6) is 0 Å². The van der Waals surface area contributed by atoms with Crippen molar-refractivity contribution in [2.45, 2.75) is 46.1 Å². The Hall–Kier alpha value is -1.10. The summed E-state index contributed by atoms with van der Waals surface area (Å²) < 4.78 is 4.98. The van der Waals surface area contributed by atoms with E-state index in [1.807, 2.05) is 13.1 Å². The number of nitrogens with one attached hydrogen (secondary N) is 3. The third kappa shape index (κ3) is 8.52. The molecule has 9 heteroatoms. The number of carbonyl (C=O) groups is 1. The molecule has 7 nitrogen and oxygen atoms in total. The predicted molar refractivity (Wildman–Crippen MR) is 117 cm³/mol. The van der Waals surface area contributed by atoms with E-state index in [-0.39, 0.29) is 36.1 Å². The summed E-state index contributed by atoms with van der Waals surface area (Å²) >= 11 is 1.72. The summed E-state index contributed by atoms with van der Waals surface area (Å²) in [6, 6.07) is 0.0381. The number of ether oxygens (including phenoxy) is 1. The SMILES string of the molecule is CCNC(=NCC(NC(=O)OCC)C1CC1)NCCc1ncc(C)s1.I. The number of alkyl carbamates (subject to hydrolysis) is 1. The van der Waals surface area contributed by atoms with Gasteiger partial charge in [-0.1, -0.05) is 0 Å². The summed E-state index contributed by atoms with van der Waals surface area (Å²) in [5.74, 6) is 1.28. The van der Waals surface area contributed by atoms with Gasteiger partial charge in [0.15, 0.2) is 5.96 Å². The number of amides is 1. The highest BCUT2D eigenvalue weighted by atomic mass is 127. The molecule has 1 heterocycles. The van der Waals surface area contributed by atoms with Crippen molar-refractivity contribution in [3.05, 3.63) is 16.1 Å². The molecule has 3 N–H and O–H groups in total. The Kier molecular flexibility index (Phi) is 10.9. The standard InChI is InChI=1S/C17H29N5O2S.HI/c1-4-18-16(19-9-8-15-20-10-12(3)25-15)21-11-14(13-6-7-13)22-17(23)24-5-2;/h10,13-14H,4-9,11H2,1-3H3,(H,22,23)(H2,18,19,21);1H. The molecule has 1 fully saturated rings. The number of carbonyl (C=O) groups excluding carboxylic acids is 1. The molecule has 1 amide bonds. The van der Waals surface area contributed by atoms with E-state index in [0.29, 0.717) is 19.1 Å². The number of hydrogen-bond acceptors (Lipinski definition) is 5. The number of hydrogen-bond donors (Lipinski definition) is 3. The molecule has 1 atom stereocenters. The molecule has 1 saturated carbocycles. The van der Waals surface area contributed by atoms with Gasteiger partial charge in [0.1, 0.15) is 0 Å². The largest absolute Gasteiger partial charge is 0.450 e. The topological polar surface area (TPSA) is 87.6 Å². The molecule has 0 aliphatic heterocycles. The number of thiazole rings is 1. The van der Waals surface area contributed by atoms with E-state index in [2.05, 4.69) is 32.9 Å². The van der Waals surface area contributed by atoms with Gasteiger partial charge in [0.05, 0.1) is 24.2 Å². The fraction of sp³-hybridized carbons (Fsp3) is 0.706. The molecule has 1 aromatic heterocycles. The van der Waals surface area contributed by atoms with Crippen LogP contribution in [0, 0.1) is 12.8 Å². The van der Waals surface area contributed by atoms with Gasteiger partial charge in [0.2, 0.25) is 0 Å². The maximum atomic E-state index is 11.7. The van der Waals surface area contributed by atoms with Gasteiger partial charge in [0, 0.05) is 30.6 Å². The molecule has 0 spiro atoms. The molecule has 26 heavy (non-hydrogen) atoms. The summed E-state index contributed by atoms with van der Waals surface area (Å²) in [4.78, 5) is 21.9. The second-order valence-corrected chi connectivity index (χ2v) is 7.39. The fourth-order valence-electron chi connectivity index (χ4n) is 2.47. The fourth-order valence-corrected chi connectivity index (χ4v) is 3.26. The molecule has 0 saturated heterocycles. The van der Waals surface area contributed by atoms with Gasteiger partial charge in [-0.2, -0.15) is 0 Å². The zero-order valence-electron chi connectivity index (χ0n) is 15.7. The summed E-state index contributed by atoms with van der Waals surface area (Å²) in [5, 5.41) is 10.6. The smallest absolute Gasteiger partial charge is 0.407 e. The Bertz CT molecular complexity index is 577. The van der Waals surface area contributed by atoms with Crippen molar-refractivity contribution in [1.29, 1.82) is 0 Å². The summed E-state index contributed by atoms with van der Waals surface area (Å²) in [7, 11) is 0. The van der Waals surface area contributed by atoms with E-state index in [0.717, 1.165) is 43.3 Å². The first-order valence-corrected chi connectivity index (χ1v) is 9.80. The van der Waals surface area contributed by atoms with Crippen LogP contribution in [0.25, 0.3) is 0 Å². The van der Waals surface area contributed by atoms with Crippen molar-refractivity contribution in [1.82, 2.24) is 20.9 Å². The van der Waals surface area contributed by atoms with Gasteiger partial charge in [0.25, 0.3) is 0 Å². The minimum absolute atomic E-state index is 0. The Balaban J connectivity index is 0.00000338. The summed E-state index contributed by atoms with van der Waals surface area (Å²) in [6.07, 6.45) is 4.70. The van der Waals surface area contributed by atoms with E-state index in [1.54, 1.807) is 18.3 Å². The number of aliphatic imine (C=N–C) groups is 1. The summed E-state index contributed by atoms with van der Waals surface area (Å²) in [5.41, 5.74) is 0. The van der Waals surface area contributed by atoms with Gasteiger partial charge in [-0.15, -0.1) is 35.3 Å². The van der Waals surface area contributed by atoms with E-state index in [4.69, 9.17) is 4.74 Å². The average Bonchev–Trinajstić information content (AvgIpc) is 3.34. The van der Waals surface area contributed by atoms with Crippen LogP contribution in [-0.2, 0) is 11.2 Å². The lowest BCUT2D eigenvalue weighted by Gasteiger charge is -2.17. The van der Waals surface area contributed by atoms with Crippen LogP contribution in [0.1, 0.15) is 36.6 Å². The van der Waals surface area contributed by atoms with E-state index < -0.39 is 0 Å². The van der Waals surface area contributed by atoms with Crippen molar-refractivity contribution in [2.75, 3.05) is 26.2 Å². The normalized spacial score (nSPS) is 15.0. The van der Waals surface area contributed by atoms with E-state index >= 15 is 0 Å². The average molecular weight is 495 g/mol. The number of rotatable bonds is 9. The third-order valence-electron chi connectivity index (χ3n) is 3.86. The van der Waals surface area contributed by atoms with Crippen LogP contribution in [0.2, 0.25) is 0 Å². The van der Waals surface area contributed by atoms with Gasteiger partial charge in [-0.25, -0.2) is 9.78 Å². The number of guanidine groups is 1. The highest BCUT2D eigenvalue weighted by molar-refractivity contribution is 14.0. The first kappa shape index (κ1) is 22.9. The van der Waals surface area contributed by atoms with Gasteiger partial charge in [-0.3, -0.25) is 4.99 Å². The number of nitrogens with zero attached hydrogens (tertiary/aromatic N) is 2. The molecule has 2 rings (SSSR count). The molecule has 1 aliphatic carbocycles. The molecule has 1 aromatic rings. The van der Waals surface area contributed by atoms with Crippen molar-refractivity contribution >= 4 is 47.4 Å². The molecule has 1 unspecified atom stereocenters. The van der Waals surface area contributed by atoms with Crippen molar-refractivity contribution in [2.24, 2.45) is 10.9 Å². The Morgan fingerprint density at radius 3 is 2.77 bits per heavy atom. The maximum absolute atomic E-state index is 11.7. The quantitative estimate of drug-likeness (QED) is 0.279. The lowest BCUT2D eigenvalue weighted by Crippen LogP contribution is -2.42. The molecular weight excluding hydrogens is 465 g/mol. The minimum Gasteiger partial charge on any atom is -0.450 e. The second kappa shape index (κ2) is 12.3. The first-order chi connectivity index (χ1) is 12.1. The van der Waals surface area contributed by atoms with Crippen molar-refractivity contribution in [3.8, 4) is 0 Å². The lowest BCUT2D eigenvalue weighted by atomic mass is 10.2. The summed E-state index contributed by atoms with van der Waals surface area (Å²) in [6.45, 7) is 8.41. The van der Waals surface area contributed by atoms with Gasteiger partial charge in [-0.05, 0) is 39.5 Å². The monoisotopic (exact) mass is 495 g/mol. The Morgan fingerprint density at radius 1 is 1.42 bits per heavy atom. The molecule has 0 aromatic carbocycles. The first-order valence-electron chi connectivity index (χ1n) is 8.99. The van der Waals surface area contributed by atoms with E-state index in [9.17, 15) is 4.79 Å². The van der Waals surface area contributed by atoms with Crippen molar-refractivity contribution < 1.29 is 9.53 Å². The molecule has 148 valence electrons. The maximum Gasteiger partial charge on any atom is 0.407 e. The minimum atomic E-state index is -0.355. The van der Waals surface area contributed by atoms with Crippen LogP contribution < -0.4 is 16.0 Å². The van der Waals surface area contributed by atoms with E-state index in [1.165, 1.54) is 4.88 Å². The number of halogens is 1. The molecule has 0 bridgehead atoms. The lowest BCUT2D eigenvalue weighted by molar-refractivity contribution is 0.147. The second-order valence-electron chi connectivity index (χ2n) is 6.07. The number of aromatic nitrogens is 1. The Morgan fingerprint density at radius 2 is 2.19 bits per heavy atom. The zero-order chi connectivity index (χ0) is 18.1. The molecule has 0 radical (unpaired) electrons. The third-order valence-corrected chi connectivity index (χ3v) is 4.83. The molecular formula is C17H30IN5O2S. The highest BCUT2D eigenvalue weighted by Crippen LogP contribution is 2.32. The molecule has 1 aliphatic rings. The zero-order valence-corrected chi connectivity index (χ0v) is 18.9. The van der Waals surface area contributed by atoms with Crippen LogP contribution in [-0.4, -0.2) is 49.3 Å². The Labute approximate surface area is 176 Å². The van der Waals surface area contributed by atoms with Crippen LogP contribution >= 0.6 is 35.3 Å². The van der Waals surface area contributed by atoms with Gasteiger partial charge >= 0.3 is 6.09 Å². The van der Waals surface area contributed by atoms with Crippen LogP contribution in [0.4, 0.5) is 4.79 Å². The van der Waals surface area contributed by atoms with Crippen molar-refractivity contribution in [3.63, 3.8) is 0 Å². The van der Waals surface area contributed by atoms with Crippen LogP contribution in [0.3, 0.4) is 0 Å². The number of aryl methyl sites for hydroxylation is 1.